The van der Waals surface area contributed by atoms with Crippen molar-refractivity contribution in [3.05, 3.63) is 59.9 Å². The van der Waals surface area contributed by atoms with Crippen LogP contribution in [-0.2, 0) is 0 Å². The van der Waals surface area contributed by atoms with Crippen molar-refractivity contribution in [1.82, 2.24) is 24.5 Å². The number of nitrogens with one attached hydrogen (secondary N) is 1. The van der Waals surface area contributed by atoms with Crippen LogP contribution in [0.2, 0.25) is 0 Å². The molecule has 0 aliphatic rings. The van der Waals surface area contributed by atoms with Gasteiger partial charge in [-0.1, -0.05) is 23.5 Å². The Morgan fingerprint density at radius 1 is 1.22 bits per heavy atom. The van der Waals surface area contributed by atoms with Crippen LogP contribution in [0.25, 0.3) is 16.9 Å². The molecule has 0 aliphatic heterocycles. The Hall–Kier alpha value is -2.97. The molecule has 9 heteroatoms. The van der Waals surface area contributed by atoms with Crippen LogP contribution in [0, 0.1) is 0 Å². The van der Waals surface area contributed by atoms with Crippen molar-refractivity contribution in [3.8, 4) is 11.3 Å². The summed E-state index contributed by atoms with van der Waals surface area (Å²) in [5.74, 6) is -0.0414. The number of benzene rings is 1. The van der Waals surface area contributed by atoms with Crippen molar-refractivity contribution in [3.63, 3.8) is 0 Å². The molecule has 0 fully saturated rings. The predicted octanol–water partition coefficient (Wildman–Crippen LogP) is 3.72. The third-order valence-electron chi connectivity index (χ3n) is 3.94. The Labute approximate surface area is 166 Å². The van der Waals surface area contributed by atoms with Gasteiger partial charge in [-0.15, -0.1) is 22.6 Å². The summed E-state index contributed by atoms with van der Waals surface area (Å²) in [6.45, 7) is 0. The standard InChI is InChI=1S/C18H16N6OS.ClH/c1-23(2)17(25)13-6-7-24-15(10-19-16(24)9-13)12-4-3-5-14(8-12)21-18-22-20-11-26-18;/h3-11H,1-2H3,(H,21,22);1H. The van der Waals surface area contributed by atoms with Crippen LogP contribution in [0.15, 0.2) is 54.3 Å². The van der Waals surface area contributed by atoms with E-state index in [-0.39, 0.29) is 18.3 Å². The molecule has 138 valence electrons. The number of pyridine rings is 1. The lowest BCUT2D eigenvalue weighted by atomic mass is 10.1. The second-order valence-corrected chi connectivity index (χ2v) is 6.77. The highest BCUT2D eigenvalue weighted by atomic mass is 35.5. The van der Waals surface area contributed by atoms with Crippen LogP contribution in [-0.4, -0.2) is 44.5 Å². The molecule has 1 aromatic carbocycles. The van der Waals surface area contributed by atoms with Gasteiger partial charge >= 0.3 is 0 Å². The van der Waals surface area contributed by atoms with E-state index >= 15 is 0 Å². The van der Waals surface area contributed by atoms with E-state index in [1.807, 2.05) is 47.1 Å². The first kappa shape index (κ1) is 18.8. The molecule has 0 spiro atoms. The molecule has 3 heterocycles. The van der Waals surface area contributed by atoms with E-state index in [4.69, 9.17) is 0 Å². The maximum Gasteiger partial charge on any atom is 0.253 e. The highest BCUT2D eigenvalue weighted by Crippen LogP contribution is 2.26. The number of aromatic nitrogens is 4. The van der Waals surface area contributed by atoms with Gasteiger partial charge in [-0.25, -0.2) is 4.98 Å². The SMILES string of the molecule is CN(C)C(=O)c1ccn2c(-c3cccc(Nc4nncs4)c3)cnc2c1.Cl. The van der Waals surface area contributed by atoms with Gasteiger partial charge in [0.2, 0.25) is 5.13 Å². The number of carbonyl (C=O) groups is 1. The highest BCUT2D eigenvalue weighted by Gasteiger charge is 2.12. The van der Waals surface area contributed by atoms with Crippen molar-refractivity contribution in [1.29, 1.82) is 0 Å². The van der Waals surface area contributed by atoms with Crippen LogP contribution >= 0.6 is 23.7 Å². The number of nitrogens with zero attached hydrogens (tertiary/aromatic N) is 5. The van der Waals surface area contributed by atoms with Crippen LogP contribution in [0.3, 0.4) is 0 Å². The van der Waals surface area contributed by atoms with Crippen LogP contribution < -0.4 is 5.32 Å². The Balaban J connectivity index is 0.00000210. The summed E-state index contributed by atoms with van der Waals surface area (Å²) < 4.78 is 1.97. The quantitative estimate of drug-likeness (QED) is 0.565. The molecule has 0 saturated carbocycles. The highest BCUT2D eigenvalue weighted by molar-refractivity contribution is 7.13. The van der Waals surface area contributed by atoms with E-state index in [0.29, 0.717) is 5.56 Å². The Bertz CT molecular complexity index is 1080. The number of anilines is 2. The second-order valence-electron chi connectivity index (χ2n) is 5.94. The fourth-order valence-corrected chi connectivity index (χ4v) is 3.16. The smallest absolute Gasteiger partial charge is 0.253 e. The first-order valence-corrected chi connectivity index (χ1v) is 8.82. The first-order chi connectivity index (χ1) is 12.6. The van der Waals surface area contributed by atoms with Gasteiger partial charge in [0.05, 0.1) is 11.9 Å². The number of fused-ring (bicyclic) bond motifs is 1. The van der Waals surface area contributed by atoms with Gasteiger partial charge in [-0.3, -0.25) is 9.20 Å². The number of amides is 1. The molecular weight excluding hydrogens is 384 g/mol. The Morgan fingerprint density at radius 3 is 2.81 bits per heavy atom. The first-order valence-electron chi connectivity index (χ1n) is 7.94. The van der Waals surface area contributed by atoms with Crippen molar-refractivity contribution in [2.24, 2.45) is 0 Å². The Morgan fingerprint density at radius 2 is 2.07 bits per heavy atom. The minimum atomic E-state index is -0.0414. The summed E-state index contributed by atoms with van der Waals surface area (Å²) in [7, 11) is 3.47. The summed E-state index contributed by atoms with van der Waals surface area (Å²) in [5.41, 5.74) is 5.92. The second kappa shape index (κ2) is 7.73. The van der Waals surface area contributed by atoms with Crippen molar-refractivity contribution < 1.29 is 4.79 Å². The van der Waals surface area contributed by atoms with Crippen molar-refractivity contribution in [2.45, 2.75) is 0 Å². The normalized spacial score (nSPS) is 10.4. The zero-order chi connectivity index (χ0) is 18.1. The molecule has 27 heavy (non-hydrogen) atoms. The maximum absolute atomic E-state index is 12.1. The molecule has 1 N–H and O–H groups in total. The number of halogens is 1. The van der Waals surface area contributed by atoms with Crippen LogP contribution in [0.1, 0.15) is 10.4 Å². The molecule has 1 amide bonds. The molecular formula is C18H17ClN6OS. The molecule has 4 rings (SSSR count). The van der Waals surface area contributed by atoms with E-state index in [9.17, 15) is 4.79 Å². The topological polar surface area (TPSA) is 75.4 Å². The average Bonchev–Trinajstić information content (AvgIpc) is 3.30. The summed E-state index contributed by atoms with van der Waals surface area (Å²) in [4.78, 5) is 18.1. The number of hydrogen-bond donors (Lipinski definition) is 1. The molecule has 3 aromatic heterocycles. The number of carbonyl (C=O) groups excluding carboxylic acids is 1. The van der Waals surface area contributed by atoms with E-state index in [2.05, 4.69) is 20.5 Å². The van der Waals surface area contributed by atoms with Crippen LogP contribution in [0.5, 0.6) is 0 Å². The molecule has 0 atom stereocenters. The van der Waals surface area contributed by atoms with Gasteiger partial charge in [0.25, 0.3) is 5.91 Å². The van der Waals surface area contributed by atoms with E-state index in [1.54, 1.807) is 30.6 Å². The van der Waals surface area contributed by atoms with Gasteiger partial charge in [0, 0.05) is 37.1 Å². The molecule has 0 radical (unpaired) electrons. The molecule has 0 bridgehead atoms. The zero-order valence-corrected chi connectivity index (χ0v) is 16.3. The maximum atomic E-state index is 12.1. The lowest BCUT2D eigenvalue weighted by molar-refractivity contribution is 0.0827. The largest absolute Gasteiger partial charge is 0.345 e. The lowest BCUT2D eigenvalue weighted by Gasteiger charge is -2.10. The molecule has 0 aliphatic carbocycles. The molecule has 0 saturated heterocycles. The van der Waals surface area contributed by atoms with Crippen molar-refractivity contribution in [2.75, 3.05) is 19.4 Å². The minimum absolute atomic E-state index is 0. The monoisotopic (exact) mass is 400 g/mol. The summed E-state index contributed by atoms with van der Waals surface area (Å²) in [6.07, 6.45) is 3.68. The zero-order valence-electron chi connectivity index (χ0n) is 14.7. The molecule has 4 aromatic rings. The fraction of sp³-hybridized carbons (Fsp3) is 0.111. The molecule has 0 unspecified atom stereocenters. The van der Waals surface area contributed by atoms with E-state index < -0.39 is 0 Å². The summed E-state index contributed by atoms with van der Waals surface area (Å²) in [6, 6.07) is 11.6. The number of rotatable bonds is 4. The van der Waals surface area contributed by atoms with Gasteiger partial charge in [-0.2, -0.15) is 0 Å². The van der Waals surface area contributed by atoms with Gasteiger partial charge in [-0.05, 0) is 24.3 Å². The lowest BCUT2D eigenvalue weighted by Crippen LogP contribution is -2.21. The third-order valence-corrected chi connectivity index (χ3v) is 4.54. The van der Waals surface area contributed by atoms with E-state index in [1.165, 1.54) is 11.3 Å². The Kier molecular flexibility index (Phi) is 5.38. The predicted molar refractivity (Wildman–Crippen MR) is 109 cm³/mol. The van der Waals surface area contributed by atoms with Crippen molar-refractivity contribution >= 4 is 46.1 Å². The third kappa shape index (κ3) is 3.76. The number of hydrogen-bond acceptors (Lipinski definition) is 6. The fourth-order valence-electron chi connectivity index (χ4n) is 2.69. The van der Waals surface area contributed by atoms with Gasteiger partial charge < -0.3 is 10.2 Å². The van der Waals surface area contributed by atoms with Gasteiger partial charge in [0.15, 0.2) is 0 Å². The summed E-state index contributed by atoms with van der Waals surface area (Å²) in [5, 5.41) is 11.8. The minimum Gasteiger partial charge on any atom is -0.345 e. The van der Waals surface area contributed by atoms with E-state index in [0.717, 1.165) is 27.7 Å². The summed E-state index contributed by atoms with van der Waals surface area (Å²) >= 11 is 1.44. The average molecular weight is 401 g/mol. The van der Waals surface area contributed by atoms with Crippen LogP contribution in [0.4, 0.5) is 10.8 Å². The number of imidazole rings is 1. The van der Waals surface area contributed by atoms with Gasteiger partial charge in [0.1, 0.15) is 11.2 Å². The molecule has 7 nitrogen and oxygen atoms in total.